The molecule has 0 unspecified atom stereocenters. The second kappa shape index (κ2) is 10.3. The predicted octanol–water partition coefficient (Wildman–Crippen LogP) is 2.62. The van der Waals surface area contributed by atoms with Gasteiger partial charge in [-0.2, -0.15) is 24.5 Å². The van der Waals surface area contributed by atoms with Gasteiger partial charge in [0.1, 0.15) is 12.4 Å². The zero-order valence-electron chi connectivity index (χ0n) is 15.9. The summed E-state index contributed by atoms with van der Waals surface area (Å²) in [4.78, 5) is 12.3. The standard InChI is InChI=1S/C18H28FN3O3S2/c1-21(2)27(24,25)22(17-11-7-6-10-16(17)19)14-18(23)20-12-13-26-15-8-4-3-5-9-15/h6-7,10-11,15H,3-5,8-9,12-14H2,1-2H3,(H,20,23). The Balaban J connectivity index is 1.94. The van der Waals surface area contributed by atoms with E-state index in [2.05, 4.69) is 5.32 Å². The highest BCUT2D eigenvalue weighted by Crippen LogP contribution is 2.27. The second-order valence-corrected chi connectivity index (χ2v) is 10.2. The zero-order valence-corrected chi connectivity index (χ0v) is 17.5. The summed E-state index contributed by atoms with van der Waals surface area (Å²) in [5.41, 5.74) is -0.141. The van der Waals surface area contributed by atoms with Gasteiger partial charge < -0.3 is 5.32 Å². The lowest BCUT2D eigenvalue weighted by molar-refractivity contribution is -0.119. The average molecular weight is 418 g/mol. The van der Waals surface area contributed by atoms with Crippen LogP contribution >= 0.6 is 11.8 Å². The summed E-state index contributed by atoms with van der Waals surface area (Å²) in [6.07, 6.45) is 6.29. The first kappa shape index (κ1) is 22.0. The van der Waals surface area contributed by atoms with Crippen molar-refractivity contribution in [3.8, 4) is 0 Å². The molecule has 9 heteroatoms. The fraction of sp³-hybridized carbons (Fsp3) is 0.611. The van der Waals surface area contributed by atoms with Gasteiger partial charge in [0.25, 0.3) is 0 Å². The predicted molar refractivity (Wildman–Crippen MR) is 109 cm³/mol. The molecule has 2 rings (SSSR count). The average Bonchev–Trinajstić information content (AvgIpc) is 2.64. The minimum absolute atomic E-state index is 0.141. The lowest BCUT2D eigenvalue weighted by atomic mass is 10.0. The van der Waals surface area contributed by atoms with E-state index in [0.717, 1.165) is 14.4 Å². The molecule has 1 saturated carbocycles. The highest BCUT2D eigenvalue weighted by Gasteiger charge is 2.29. The molecule has 0 spiro atoms. The summed E-state index contributed by atoms with van der Waals surface area (Å²) in [5.74, 6) is -0.354. The lowest BCUT2D eigenvalue weighted by Crippen LogP contribution is -2.46. The number of amides is 1. The van der Waals surface area contributed by atoms with Crippen molar-refractivity contribution >= 4 is 33.6 Å². The van der Waals surface area contributed by atoms with Crippen molar-refractivity contribution in [2.75, 3.05) is 37.2 Å². The van der Waals surface area contributed by atoms with E-state index >= 15 is 0 Å². The van der Waals surface area contributed by atoms with Gasteiger partial charge >= 0.3 is 10.2 Å². The monoisotopic (exact) mass is 417 g/mol. The first-order valence-corrected chi connectivity index (χ1v) is 11.6. The number of anilines is 1. The Labute approximate surface area is 165 Å². The Morgan fingerprint density at radius 3 is 2.52 bits per heavy atom. The number of hydrogen-bond acceptors (Lipinski definition) is 4. The van der Waals surface area contributed by atoms with E-state index in [1.165, 1.54) is 70.5 Å². The number of hydrogen-bond donors (Lipinski definition) is 1. The normalized spacial score (nSPS) is 15.7. The molecular formula is C18H28FN3O3S2. The van der Waals surface area contributed by atoms with Crippen molar-refractivity contribution in [1.29, 1.82) is 0 Å². The van der Waals surface area contributed by atoms with Gasteiger partial charge in [-0.3, -0.25) is 4.79 Å². The van der Waals surface area contributed by atoms with Crippen LogP contribution in [0.5, 0.6) is 0 Å². The molecule has 1 aliphatic carbocycles. The Kier molecular flexibility index (Phi) is 8.37. The smallest absolute Gasteiger partial charge is 0.304 e. The number of para-hydroxylation sites is 1. The van der Waals surface area contributed by atoms with Crippen LogP contribution in [0.3, 0.4) is 0 Å². The van der Waals surface area contributed by atoms with Crippen molar-refractivity contribution < 1.29 is 17.6 Å². The number of rotatable bonds is 9. The van der Waals surface area contributed by atoms with E-state index < -0.39 is 28.5 Å². The number of nitrogens with one attached hydrogen (secondary N) is 1. The fourth-order valence-electron chi connectivity index (χ4n) is 2.98. The molecule has 1 amide bonds. The fourth-order valence-corrected chi connectivity index (χ4v) is 5.27. The van der Waals surface area contributed by atoms with Crippen LogP contribution in [0, 0.1) is 5.82 Å². The maximum Gasteiger partial charge on any atom is 0.304 e. The molecule has 1 fully saturated rings. The van der Waals surface area contributed by atoms with Crippen LogP contribution in [-0.4, -0.2) is 56.8 Å². The SMILES string of the molecule is CN(C)S(=O)(=O)N(CC(=O)NCCSC1CCCCC1)c1ccccc1F. The molecule has 1 aromatic rings. The number of carbonyl (C=O) groups excluding carboxylic acids is 1. The van der Waals surface area contributed by atoms with Crippen LogP contribution in [0.1, 0.15) is 32.1 Å². The van der Waals surface area contributed by atoms with Gasteiger partial charge in [-0.25, -0.2) is 8.70 Å². The molecule has 0 aromatic heterocycles. The Hall–Kier alpha value is -1.32. The van der Waals surface area contributed by atoms with Gasteiger partial charge in [-0.05, 0) is 25.0 Å². The summed E-state index contributed by atoms with van der Waals surface area (Å²) >= 11 is 1.85. The Bertz CT molecular complexity index is 722. The molecule has 6 nitrogen and oxygen atoms in total. The van der Waals surface area contributed by atoms with Crippen molar-refractivity contribution in [2.24, 2.45) is 0 Å². The largest absolute Gasteiger partial charge is 0.354 e. The Morgan fingerprint density at radius 1 is 1.22 bits per heavy atom. The highest BCUT2D eigenvalue weighted by molar-refractivity contribution is 7.99. The quantitative estimate of drug-likeness (QED) is 0.627. The van der Waals surface area contributed by atoms with E-state index in [1.807, 2.05) is 11.8 Å². The van der Waals surface area contributed by atoms with E-state index in [0.29, 0.717) is 11.8 Å². The first-order chi connectivity index (χ1) is 12.8. The Morgan fingerprint density at radius 2 is 1.89 bits per heavy atom. The van der Waals surface area contributed by atoms with Gasteiger partial charge in [-0.1, -0.05) is 31.4 Å². The van der Waals surface area contributed by atoms with E-state index in [-0.39, 0.29) is 5.69 Å². The van der Waals surface area contributed by atoms with E-state index in [1.54, 1.807) is 0 Å². The summed E-state index contributed by atoms with van der Waals surface area (Å²) in [6.45, 7) is 0.00264. The van der Waals surface area contributed by atoms with Crippen molar-refractivity contribution in [2.45, 2.75) is 37.4 Å². The molecule has 27 heavy (non-hydrogen) atoms. The molecule has 1 N–H and O–H groups in total. The molecule has 152 valence electrons. The molecule has 0 saturated heterocycles. The minimum Gasteiger partial charge on any atom is -0.354 e. The molecular weight excluding hydrogens is 389 g/mol. The molecule has 0 atom stereocenters. The van der Waals surface area contributed by atoms with Crippen LogP contribution in [0.2, 0.25) is 0 Å². The summed E-state index contributed by atoms with van der Waals surface area (Å²) in [6, 6.07) is 5.53. The minimum atomic E-state index is -4.00. The van der Waals surface area contributed by atoms with Gasteiger partial charge in [-0.15, -0.1) is 0 Å². The summed E-state index contributed by atoms with van der Waals surface area (Å²) in [5, 5.41) is 3.40. The molecule has 1 aromatic carbocycles. The van der Waals surface area contributed by atoms with Crippen LogP contribution in [0.15, 0.2) is 24.3 Å². The topological polar surface area (TPSA) is 69.7 Å². The van der Waals surface area contributed by atoms with E-state index in [4.69, 9.17) is 0 Å². The van der Waals surface area contributed by atoms with Crippen LogP contribution in [-0.2, 0) is 15.0 Å². The van der Waals surface area contributed by atoms with Gasteiger partial charge in [0, 0.05) is 31.6 Å². The molecule has 0 radical (unpaired) electrons. The van der Waals surface area contributed by atoms with Gasteiger partial charge in [0.2, 0.25) is 5.91 Å². The second-order valence-electron chi connectivity index (χ2n) is 6.73. The third kappa shape index (κ3) is 6.36. The maximum atomic E-state index is 14.1. The molecule has 0 bridgehead atoms. The molecule has 1 aliphatic rings. The highest BCUT2D eigenvalue weighted by atomic mass is 32.2. The summed E-state index contributed by atoms with van der Waals surface area (Å²) < 4.78 is 41.0. The number of halogens is 1. The zero-order chi connectivity index (χ0) is 19.9. The molecule has 0 aliphatic heterocycles. The van der Waals surface area contributed by atoms with Crippen LogP contribution < -0.4 is 9.62 Å². The molecule has 0 heterocycles. The van der Waals surface area contributed by atoms with Gasteiger partial charge in [0.15, 0.2) is 0 Å². The van der Waals surface area contributed by atoms with E-state index in [9.17, 15) is 17.6 Å². The first-order valence-electron chi connectivity index (χ1n) is 9.15. The van der Waals surface area contributed by atoms with Crippen LogP contribution in [0.4, 0.5) is 10.1 Å². The summed E-state index contributed by atoms with van der Waals surface area (Å²) in [7, 11) is -1.30. The van der Waals surface area contributed by atoms with Gasteiger partial charge in [0.05, 0.1) is 5.69 Å². The lowest BCUT2D eigenvalue weighted by Gasteiger charge is -2.27. The maximum absolute atomic E-state index is 14.1. The number of thioether (sulfide) groups is 1. The number of benzene rings is 1. The third-order valence-corrected chi connectivity index (χ3v) is 7.67. The third-order valence-electron chi connectivity index (χ3n) is 4.48. The van der Waals surface area contributed by atoms with Crippen molar-refractivity contribution in [3.05, 3.63) is 30.1 Å². The number of carbonyl (C=O) groups is 1. The van der Waals surface area contributed by atoms with Crippen molar-refractivity contribution in [1.82, 2.24) is 9.62 Å². The van der Waals surface area contributed by atoms with Crippen LogP contribution in [0.25, 0.3) is 0 Å². The number of nitrogens with zero attached hydrogens (tertiary/aromatic N) is 2. The van der Waals surface area contributed by atoms with Crippen molar-refractivity contribution in [3.63, 3.8) is 0 Å².